The summed E-state index contributed by atoms with van der Waals surface area (Å²) in [5, 5.41) is 3.22. The molecule has 20 heavy (non-hydrogen) atoms. The van der Waals surface area contributed by atoms with Crippen LogP contribution in [0, 0.1) is 0 Å². The van der Waals surface area contributed by atoms with Crippen molar-refractivity contribution < 1.29 is 19.0 Å². The van der Waals surface area contributed by atoms with Gasteiger partial charge in [-0.1, -0.05) is 6.92 Å². The highest BCUT2D eigenvalue weighted by atomic mass is 16.5. The van der Waals surface area contributed by atoms with Gasteiger partial charge in [0.1, 0.15) is 5.54 Å². The monoisotopic (exact) mass is 290 g/mol. The average molecular weight is 290 g/mol. The van der Waals surface area contributed by atoms with Gasteiger partial charge < -0.3 is 19.5 Å². The number of rotatable bonds is 11. The zero-order chi connectivity index (χ0) is 15.6. The molecule has 2 atom stereocenters. The first-order chi connectivity index (χ1) is 9.45. The molecule has 0 rings (SSSR count). The van der Waals surface area contributed by atoms with Crippen molar-refractivity contribution in [3.8, 4) is 0 Å². The van der Waals surface area contributed by atoms with Crippen LogP contribution in [0.25, 0.3) is 0 Å². The van der Waals surface area contributed by atoms with Crippen LogP contribution in [0.2, 0.25) is 0 Å². The van der Waals surface area contributed by atoms with Crippen LogP contribution < -0.4 is 5.32 Å². The van der Waals surface area contributed by atoms with E-state index in [9.17, 15) is 4.79 Å². The van der Waals surface area contributed by atoms with Gasteiger partial charge in [-0.05, 0) is 20.4 Å². The van der Waals surface area contributed by atoms with E-state index in [1.54, 1.807) is 14.2 Å². The fourth-order valence-corrected chi connectivity index (χ4v) is 2.22. The van der Waals surface area contributed by atoms with E-state index in [0.717, 1.165) is 6.54 Å². The Kier molecular flexibility index (Phi) is 9.75. The lowest BCUT2D eigenvalue weighted by Crippen LogP contribution is -2.59. The lowest BCUT2D eigenvalue weighted by Gasteiger charge is -2.36. The number of nitrogens with zero attached hydrogens (tertiary/aromatic N) is 1. The molecule has 0 aliphatic rings. The molecule has 0 aromatic heterocycles. The van der Waals surface area contributed by atoms with Crippen molar-refractivity contribution in [1.82, 2.24) is 10.2 Å². The van der Waals surface area contributed by atoms with E-state index in [1.165, 1.54) is 7.11 Å². The quantitative estimate of drug-likeness (QED) is 0.560. The van der Waals surface area contributed by atoms with E-state index in [2.05, 4.69) is 17.1 Å². The Bertz CT molecular complexity index is 276. The summed E-state index contributed by atoms with van der Waals surface area (Å²) in [6.07, 6.45) is 0. The van der Waals surface area contributed by atoms with Crippen LogP contribution >= 0.6 is 0 Å². The van der Waals surface area contributed by atoms with Crippen LogP contribution in [0.5, 0.6) is 0 Å². The minimum absolute atomic E-state index is 0.192. The molecule has 2 unspecified atom stereocenters. The highest BCUT2D eigenvalue weighted by molar-refractivity contribution is 5.80. The zero-order valence-corrected chi connectivity index (χ0v) is 13.7. The molecule has 0 aliphatic carbocycles. The van der Waals surface area contributed by atoms with Crippen LogP contribution in [-0.2, 0) is 19.0 Å². The van der Waals surface area contributed by atoms with Crippen LogP contribution in [0.1, 0.15) is 20.8 Å². The summed E-state index contributed by atoms with van der Waals surface area (Å²) >= 11 is 0. The molecular formula is C14H30N2O4. The number of carbonyl (C=O) groups excluding carboxylic acids is 1. The van der Waals surface area contributed by atoms with Gasteiger partial charge in [-0.15, -0.1) is 0 Å². The highest BCUT2D eigenvalue weighted by Crippen LogP contribution is 2.12. The third-order valence-electron chi connectivity index (χ3n) is 3.34. The van der Waals surface area contributed by atoms with Crippen LogP contribution in [0.4, 0.5) is 0 Å². The van der Waals surface area contributed by atoms with Gasteiger partial charge in [0.2, 0.25) is 0 Å². The number of esters is 1. The summed E-state index contributed by atoms with van der Waals surface area (Å²) in [5.74, 6) is -0.258. The summed E-state index contributed by atoms with van der Waals surface area (Å²) in [6, 6.07) is 0.192. The number of hydrogen-bond donors (Lipinski definition) is 1. The summed E-state index contributed by atoms with van der Waals surface area (Å²) < 4.78 is 15.3. The molecule has 0 heterocycles. The van der Waals surface area contributed by atoms with Gasteiger partial charge in [0.15, 0.2) is 0 Å². The lowest BCUT2D eigenvalue weighted by atomic mass is 10.0. The highest BCUT2D eigenvalue weighted by Gasteiger charge is 2.36. The van der Waals surface area contributed by atoms with Crippen LogP contribution in [0.15, 0.2) is 0 Å². The molecule has 0 saturated carbocycles. The fraction of sp³-hybridized carbons (Fsp3) is 0.929. The van der Waals surface area contributed by atoms with Crippen molar-refractivity contribution in [3.63, 3.8) is 0 Å². The summed E-state index contributed by atoms with van der Waals surface area (Å²) in [6.45, 7) is 9.09. The molecule has 1 N–H and O–H groups in total. The predicted molar refractivity (Wildman–Crippen MR) is 78.9 cm³/mol. The molecule has 0 aromatic carbocycles. The third kappa shape index (κ3) is 6.17. The summed E-state index contributed by atoms with van der Waals surface area (Å²) in [4.78, 5) is 14.2. The normalized spacial score (nSPS) is 15.9. The second kappa shape index (κ2) is 10.1. The Balaban J connectivity index is 4.90. The first kappa shape index (κ1) is 19.3. The smallest absolute Gasteiger partial charge is 0.327 e. The van der Waals surface area contributed by atoms with E-state index >= 15 is 0 Å². The van der Waals surface area contributed by atoms with Crippen molar-refractivity contribution in [2.45, 2.75) is 32.4 Å². The Labute approximate surface area is 122 Å². The molecule has 0 aromatic rings. The maximum absolute atomic E-state index is 12.0. The SMILES string of the molecule is CCNC(C)(CN(CCOC)C(C)COC)C(=O)OC. The van der Waals surface area contributed by atoms with E-state index in [-0.39, 0.29) is 12.0 Å². The Morgan fingerprint density at radius 3 is 2.40 bits per heavy atom. The molecule has 0 radical (unpaired) electrons. The topological polar surface area (TPSA) is 60.0 Å². The molecular weight excluding hydrogens is 260 g/mol. The number of carbonyl (C=O) groups is 1. The number of likely N-dealkylation sites (N-methyl/N-ethyl adjacent to an activating group) is 1. The van der Waals surface area contributed by atoms with Gasteiger partial charge in [-0.25, -0.2) is 0 Å². The molecule has 0 amide bonds. The summed E-state index contributed by atoms with van der Waals surface area (Å²) in [5.41, 5.74) is -0.737. The van der Waals surface area contributed by atoms with E-state index in [0.29, 0.717) is 26.3 Å². The fourth-order valence-electron chi connectivity index (χ4n) is 2.22. The molecule has 6 nitrogen and oxygen atoms in total. The zero-order valence-electron chi connectivity index (χ0n) is 13.7. The first-order valence-corrected chi connectivity index (χ1v) is 7.00. The predicted octanol–water partition coefficient (Wildman–Crippen LogP) is 0.511. The number of nitrogens with one attached hydrogen (secondary N) is 1. The van der Waals surface area contributed by atoms with Crippen molar-refractivity contribution in [2.75, 3.05) is 54.2 Å². The Hall–Kier alpha value is -0.690. The average Bonchev–Trinajstić information content (AvgIpc) is 2.42. The standard InChI is InChI=1S/C14H30N2O4/c1-7-15-14(3,13(17)20-6)11-16(8-9-18-4)12(2)10-19-5/h12,15H,7-11H2,1-6H3. The molecule has 0 spiro atoms. The second-order valence-corrected chi connectivity index (χ2v) is 5.12. The van der Waals surface area contributed by atoms with E-state index < -0.39 is 5.54 Å². The maximum atomic E-state index is 12.0. The molecule has 0 fully saturated rings. The molecule has 120 valence electrons. The van der Waals surface area contributed by atoms with Gasteiger partial charge in [0, 0.05) is 33.4 Å². The number of methoxy groups -OCH3 is 3. The maximum Gasteiger partial charge on any atom is 0.327 e. The first-order valence-electron chi connectivity index (χ1n) is 7.00. The molecule has 6 heteroatoms. The number of hydrogen-bond acceptors (Lipinski definition) is 6. The minimum atomic E-state index is -0.737. The van der Waals surface area contributed by atoms with Gasteiger partial charge >= 0.3 is 5.97 Å². The van der Waals surface area contributed by atoms with Gasteiger partial charge in [-0.2, -0.15) is 0 Å². The Morgan fingerprint density at radius 1 is 1.30 bits per heavy atom. The minimum Gasteiger partial charge on any atom is -0.468 e. The van der Waals surface area contributed by atoms with E-state index in [1.807, 2.05) is 13.8 Å². The van der Waals surface area contributed by atoms with Crippen molar-refractivity contribution in [3.05, 3.63) is 0 Å². The van der Waals surface area contributed by atoms with Gasteiger partial charge in [0.25, 0.3) is 0 Å². The molecule has 0 bridgehead atoms. The van der Waals surface area contributed by atoms with Crippen molar-refractivity contribution >= 4 is 5.97 Å². The molecule has 0 aliphatic heterocycles. The van der Waals surface area contributed by atoms with Crippen molar-refractivity contribution in [1.29, 1.82) is 0 Å². The summed E-state index contributed by atoms with van der Waals surface area (Å²) in [7, 11) is 4.76. The molecule has 0 saturated heterocycles. The Morgan fingerprint density at radius 2 is 1.95 bits per heavy atom. The van der Waals surface area contributed by atoms with E-state index in [4.69, 9.17) is 14.2 Å². The van der Waals surface area contributed by atoms with Crippen LogP contribution in [0.3, 0.4) is 0 Å². The van der Waals surface area contributed by atoms with Crippen LogP contribution in [-0.4, -0.2) is 76.6 Å². The number of ether oxygens (including phenoxy) is 3. The third-order valence-corrected chi connectivity index (χ3v) is 3.34. The lowest BCUT2D eigenvalue weighted by molar-refractivity contribution is -0.149. The van der Waals surface area contributed by atoms with Crippen molar-refractivity contribution in [2.24, 2.45) is 0 Å². The second-order valence-electron chi connectivity index (χ2n) is 5.12. The largest absolute Gasteiger partial charge is 0.468 e. The van der Waals surface area contributed by atoms with Gasteiger partial charge in [0.05, 0.1) is 20.3 Å². The van der Waals surface area contributed by atoms with Gasteiger partial charge in [-0.3, -0.25) is 9.69 Å².